The third-order valence-corrected chi connectivity index (χ3v) is 3.25. The van der Waals surface area contributed by atoms with Gasteiger partial charge in [-0.1, -0.05) is 18.2 Å². The summed E-state index contributed by atoms with van der Waals surface area (Å²) in [4.78, 5) is 18.5. The zero-order chi connectivity index (χ0) is 15.9. The van der Waals surface area contributed by atoms with Gasteiger partial charge in [0, 0.05) is 11.8 Å². The molecule has 112 valence electrons. The van der Waals surface area contributed by atoms with E-state index in [-0.39, 0.29) is 16.6 Å². The van der Waals surface area contributed by atoms with Gasteiger partial charge >= 0.3 is 6.18 Å². The third kappa shape index (κ3) is 2.20. The van der Waals surface area contributed by atoms with E-state index in [1.807, 2.05) is 0 Å². The molecule has 0 amide bonds. The number of aromatic amines is 1. The van der Waals surface area contributed by atoms with Crippen LogP contribution in [0.5, 0.6) is 5.75 Å². The number of fused-ring (bicyclic) bond motifs is 1. The quantitative estimate of drug-likeness (QED) is 0.725. The predicted octanol–water partition coefficient (Wildman–Crippen LogP) is 3.31. The topological polar surface area (TPSA) is 66.0 Å². The van der Waals surface area contributed by atoms with Gasteiger partial charge in [-0.25, -0.2) is 0 Å². The molecule has 7 heteroatoms. The Balaban J connectivity index is 2.40. The molecule has 0 bridgehead atoms. The van der Waals surface area contributed by atoms with Gasteiger partial charge in [-0.15, -0.1) is 0 Å². The molecule has 1 aromatic carbocycles. The molecule has 0 fully saturated rings. The molecule has 0 saturated heterocycles. The second kappa shape index (κ2) is 4.87. The van der Waals surface area contributed by atoms with Crippen LogP contribution in [0, 0.1) is 0 Å². The van der Waals surface area contributed by atoms with E-state index in [1.165, 1.54) is 24.4 Å². The van der Waals surface area contributed by atoms with Crippen molar-refractivity contribution in [2.45, 2.75) is 6.18 Å². The number of nitrogens with zero attached hydrogens (tertiary/aromatic N) is 1. The molecule has 0 spiro atoms. The Bertz CT molecular complexity index is 917. The maximum Gasteiger partial charge on any atom is 0.417 e. The molecule has 22 heavy (non-hydrogen) atoms. The van der Waals surface area contributed by atoms with E-state index in [1.54, 1.807) is 6.07 Å². The van der Waals surface area contributed by atoms with Gasteiger partial charge in [0.15, 0.2) is 5.75 Å². The zero-order valence-corrected chi connectivity index (χ0v) is 11.0. The van der Waals surface area contributed by atoms with E-state index in [4.69, 9.17) is 0 Å². The Labute approximate surface area is 121 Å². The Morgan fingerprint density at radius 1 is 1.09 bits per heavy atom. The number of halogens is 3. The van der Waals surface area contributed by atoms with Gasteiger partial charge < -0.3 is 10.1 Å². The highest BCUT2D eigenvalue weighted by Crippen LogP contribution is 2.39. The summed E-state index contributed by atoms with van der Waals surface area (Å²) in [5.41, 5.74) is -2.35. The van der Waals surface area contributed by atoms with Crippen molar-refractivity contribution >= 4 is 11.0 Å². The van der Waals surface area contributed by atoms with Gasteiger partial charge in [-0.3, -0.25) is 9.78 Å². The van der Waals surface area contributed by atoms with Crippen LogP contribution in [0.3, 0.4) is 0 Å². The summed E-state index contributed by atoms with van der Waals surface area (Å²) in [6.45, 7) is 0. The monoisotopic (exact) mass is 306 g/mol. The summed E-state index contributed by atoms with van der Waals surface area (Å²) in [6, 6.07) is 7.63. The predicted molar refractivity (Wildman–Crippen MR) is 74.5 cm³/mol. The van der Waals surface area contributed by atoms with Crippen molar-refractivity contribution in [3.63, 3.8) is 0 Å². The number of aromatic hydroxyl groups is 1. The zero-order valence-electron chi connectivity index (χ0n) is 11.0. The molecule has 2 aromatic heterocycles. The van der Waals surface area contributed by atoms with Gasteiger partial charge in [0.1, 0.15) is 5.52 Å². The van der Waals surface area contributed by atoms with E-state index in [2.05, 4.69) is 9.97 Å². The molecule has 2 heterocycles. The number of benzene rings is 1. The molecule has 0 saturated carbocycles. The van der Waals surface area contributed by atoms with Crippen LogP contribution in [0.4, 0.5) is 13.2 Å². The minimum Gasteiger partial charge on any atom is -0.505 e. The number of aromatic nitrogens is 2. The number of rotatable bonds is 1. The normalized spacial score (nSPS) is 11.8. The van der Waals surface area contributed by atoms with Crippen LogP contribution in [0.15, 0.2) is 47.4 Å². The molecule has 0 aliphatic carbocycles. The summed E-state index contributed by atoms with van der Waals surface area (Å²) < 4.78 is 39.3. The molecular formula is C15H9F3N2O2. The molecule has 0 aliphatic heterocycles. The second-order valence-corrected chi connectivity index (χ2v) is 4.62. The van der Waals surface area contributed by atoms with Crippen LogP contribution in [0.25, 0.3) is 22.2 Å². The summed E-state index contributed by atoms with van der Waals surface area (Å²) in [5.74, 6) is -0.573. The van der Waals surface area contributed by atoms with Crippen LogP contribution >= 0.6 is 0 Å². The summed E-state index contributed by atoms with van der Waals surface area (Å²) in [7, 11) is 0. The molecule has 0 unspecified atom stereocenters. The lowest BCUT2D eigenvalue weighted by molar-refractivity contribution is -0.137. The van der Waals surface area contributed by atoms with Crippen molar-refractivity contribution < 1.29 is 18.3 Å². The summed E-state index contributed by atoms with van der Waals surface area (Å²) in [5, 5.41) is 10.2. The fourth-order valence-corrected chi connectivity index (χ4v) is 2.30. The summed E-state index contributed by atoms with van der Waals surface area (Å²) in [6.07, 6.45) is -3.27. The minimum atomic E-state index is -4.64. The van der Waals surface area contributed by atoms with Gasteiger partial charge in [0.25, 0.3) is 5.56 Å². The Hall–Kier alpha value is -2.83. The molecule has 0 aliphatic rings. The first-order chi connectivity index (χ1) is 10.4. The van der Waals surface area contributed by atoms with Gasteiger partial charge in [-0.05, 0) is 18.2 Å². The summed E-state index contributed by atoms with van der Waals surface area (Å²) >= 11 is 0. The van der Waals surface area contributed by atoms with E-state index in [0.29, 0.717) is 0 Å². The van der Waals surface area contributed by atoms with Crippen LogP contribution in [-0.2, 0) is 6.18 Å². The number of hydrogen-bond donors (Lipinski definition) is 2. The van der Waals surface area contributed by atoms with Crippen molar-refractivity contribution in [3.8, 4) is 16.9 Å². The Kier molecular flexibility index (Phi) is 3.13. The van der Waals surface area contributed by atoms with E-state index in [0.717, 1.165) is 12.1 Å². The van der Waals surface area contributed by atoms with Gasteiger partial charge in [-0.2, -0.15) is 13.2 Å². The molecular weight excluding hydrogens is 297 g/mol. The van der Waals surface area contributed by atoms with Crippen LogP contribution in [-0.4, -0.2) is 15.1 Å². The number of H-pyrrole nitrogens is 1. The van der Waals surface area contributed by atoms with Gasteiger partial charge in [0.05, 0.1) is 16.6 Å². The Morgan fingerprint density at radius 3 is 2.55 bits per heavy atom. The van der Waals surface area contributed by atoms with Crippen molar-refractivity contribution in [3.05, 3.63) is 58.5 Å². The van der Waals surface area contributed by atoms with Crippen LogP contribution < -0.4 is 5.56 Å². The minimum absolute atomic E-state index is 0.0362. The largest absolute Gasteiger partial charge is 0.505 e. The molecule has 0 atom stereocenters. The smallest absolute Gasteiger partial charge is 0.417 e. The number of nitrogens with one attached hydrogen (secondary N) is 1. The van der Waals surface area contributed by atoms with Crippen molar-refractivity contribution in [2.75, 3.05) is 0 Å². The molecule has 2 N–H and O–H groups in total. The van der Waals surface area contributed by atoms with Gasteiger partial charge in [0.2, 0.25) is 0 Å². The molecule has 3 rings (SSSR count). The van der Waals surface area contributed by atoms with Crippen molar-refractivity contribution in [2.24, 2.45) is 0 Å². The lowest BCUT2D eigenvalue weighted by Gasteiger charge is -2.13. The average molecular weight is 306 g/mol. The standard InChI is InChI=1S/C15H9F3N2O2/c16-15(17,18)9-5-2-1-4-8(9)11-13(21)12-10(20-14(11)22)6-3-7-19-12/h1-7H,(H2,20,21,22). The first kappa shape index (κ1) is 14.1. The van der Waals surface area contributed by atoms with Crippen LogP contribution in [0.2, 0.25) is 0 Å². The highest BCUT2D eigenvalue weighted by Gasteiger charge is 2.34. The third-order valence-electron chi connectivity index (χ3n) is 3.25. The SMILES string of the molecule is O=c1[nH]c2cccnc2c(O)c1-c1ccccc1C(F)(F)F. The number of pyridine rings is 2. The van der Waals surface area contributed by atoms with Crippen molar-refractivity contribution in [1.29, 1.82) is 0 Å². The lowest BCUT2D eigenvalue weighted by Crippen LogP contribution is -2.14. The molecule has 4 nitrogen and oxygen atoms in total. The fourth-order valence-electron chi connectivity index (χ4n) is 2.30. The highest BCUT2D eigenvalue weighted by molar-refractivity contribution is 5.89. The number of hydrogen-bond acceptors (Lipinski definition) is 3. The maximum absolute atomic E-state index is 13.1. The van der Waals surface area contributed by atoms with Crippen LogP contribution in [0.1, 0.15) is 5.56 Å². The van der Waals surface area contributed by atoms with E-state index >= 15 is 0 Å². The lowest BCUT2D eigenvalue weighted by atomic mass is 9.99. The maximum atomic E-state index is 13.1. The van der Waals surface area contributed by atoms with E-state index in [9.17, 15) is 23.1 Å². The molecule has 0 radical (unpaired) electrons. The second-order valence-electron chi connectivity index (χ2n) is 4.62. The molecule has 3 aromatic rings. The number of alkyl halides is 3. The fraction of sp³-hybridized carbons (Fsp3) is 0.0667. The van der Waals surface area contributed by atoms with E-state index < -0.39 is 28.6 Å². The Morgan fingerprint density at radius 2 is 1.82 bits per heavy atom. The first-order valence-electron chi connectivity index (χ1n) is 6.26. The highest BCUT2D eigenvalue weighted by atomic mass is 19.4. The average Bonchev–Trinajstić information content (AvgIpc) is 2.47. The van der Waals surface area contributed by atoms with Crippen molar-refractivity contribution in [1.82, 2.24) is 9.97 Å². The first-order valence-corrected chi connectivity index (χ1v) is 6.26.